The quantitative estimate of drug-likeness (QED) is 0.274. The molecule has 0 aliphatic rings. The molecule has 0 unspecified atom stereocenters. The Labute approximate surface area is 211 Å². The third-order valence-electron chi connectivity index (χ3n) is 5.24. The van der Waals surface area contributed by atoms with Gasteiger partial charge >= 0.3 is 11.9 Å². The first-order valence-electron chi connectivity index (χ1n) is 11.4. The molecule has 0 aliphatic carbocycles. The summed E-state index contributed by atoms with van der Waals surface area (Å²) in [5.41, 5.74) is 13.8. The van der Waals surface area contributed by atoms with Crippen LogP contribution in [0.2, 0.25) is 0 Å². The van der Waals surface area contributed by atoms with Crippen molar-refractivity contribution in [3.05, 3.63) is 34.3 Å². The number of hydrogen-bond donors (Lipinski definition) is 4. The van der Waals surface area contributed by atoms with Gasteiger partial charge in [0.1, 0.15) is 11.9 Å². The second-order valence-corrected chi connectivity index (χ2v) is 8.80. The zero-order valence-electron chi connectivity index (χ0n) is 20.3. The minimum atomic E-state index is -0.964. The number of nitrogens with two attached hydrogens (primary N) is 2. The fourth-order valence-corrected chi connectivity index (χ4v) is 4.27. The number of aromatic nitrogens is 3. The smallest absolute Gasteiger partial charge is 0.328 e. The van der Waals surface area contributed by atoms with Crippen LogP contribution in [0.1, 0.15) is 47.5 Å². The van der Waals surface area contributed by atoms with Crippen LogP contribution in [0.4, 0.5) is 16.8 Å². The molecule has 6 N–H and O–H groups in total. The normalized spacial score (nSPS) is 11.6. The highest BCUT2D eigenvalue weighted by Gasteiger charge is 2.24. The van der Waals surface area contributed by atoms with Crippen molar-refractivity contribution < 1.29 is 23.9 Å². The lowest BCUT2D eigenvalue weighted by Gasteiger charge is -2.16. The van der Waals surface area contributed by atoms with Crippen LogP contribution in [0.3, 0.4) is 0 Å². The number of esters is 2. The molecule has 1 atom stereocenters. The van der Waals surface area contributed by atoms with Crippen LogP contribution in [0.15, 0.2) is 18.3 Å². The highest BCUT2D eigenvalue weighted by Crippen LogP contribution is 2.26. The Morgan fingerprint density at radius 3 is 2.58 bits per heavy atom. The van der Waals surface area contributed by atoms with Crippen molar-refractivity contribution >= 4 is 57.0 Å². The number of nitrogen functional groups attached to an aromatic ring is 2. The summed E-state index contributed by atoms with van der Waals surface area (Å²) >= 11 is 1.22. The summed E-state index contributed by atoms with van der Waals surface area (Å²) in [6.07, 6.45) is 1.74. The Morgan fingerprint density at radius 1 is 1.11 bits per heavy atom. The number of thiophene rings is 1. The maximum atomic E-state index is 12.8. The van der Waals surface area contributed by atoms with Crippen molar-refractivity contribution in [3.63, 3.8) is 0 Å². The van der Waals surface area contributed by atoms with Crippen LogP contribution in [0.5, 0.6) is 0 Å². The van der Waals surface area contributed by atoms with Crippen LogP contribution in [-0.2, 0) is 25.6 Å². The molecule has 0 saturated heterocycles. The van der Waals surface area contributed by atoms with E-state index in [0.717, 1.165) is 16.1 Å². The minimum absolute atomic E-state index is 0.0177. The molecule has 3 rings (SSSR count). The van der Waals surface area contributed by atoms with Gasteiger partial charge in [-0.2, -0.15) is 9.97 Å². The maximum Gasteiger partial charge on any atom is 0.328 e. The highest BCUT2D eigenvalue weighted by molar-refractivity contribution is 7.17. The standard InChI is InChI=1S/C23H29N7O5S/c1-4-34-17(31)9-6-14(22(33)35-5-2)28-21(32)15-7-8-16(36-15)26-10-13-11-27-20-18(12(13)3)19(24)29-23(25)30-20/h7-8,11,14,26H,4-6,9-10H2,1-3H3,(H,28,32)(H4,24,25,27,29,30)/t14-/m0/s1. The second-order valence-electron chi connectivity index (χ2n) is 7.71. The van der Waals surface area contributed by atoms with Gasteiger partial charge in [-0.1, -0.05) is 0 Å². The van der Waals surface area contributed by atoms with E-state index in [1.54, 1.807) is 32.2 Å². The minimum Gasteiger partial charge on any atom is -0.466 e. The fourth-order valence-electron chi connectivity index (χ4n) is 3.46. The Hall–Kier alpha value is -4.00. The van der Waals surface area contributed by atoms with Crippen molar-refractivity contribution in [2.75, 3.05) is 30.0 Å². The number of nitrogens with one attached hydrogen (secondary N) is 2. The molecule has 0 aliphatic heterocycles. The van der Waals surface area contributed by atoms with Gasteiger partial charge in [-0.25, -0.2) is 9.78 Å². The molecule has 0 radical (unpaired) electrons. The van der Waals surface area contributed by atoms with E-state index in [2.05, 4.69) is 25.6 Å². The number of anilines is 3. The number of fused-ring (bicyclic) bond motifs is 1. The van der Waals surface area contributed by atoms with Gasteiger partial charge in [0, 0.05) is 19.2 Å². The van der Waals surface area contributed by atoms with Gasteiger partial charge in [-0.3, -0.25) is 9.59 Å². The summed E-state index contributed by atoms with van der Waals surface area (Å²) in [6, 6.07) is 2.45. The Kier molecular flexibility index (Phi) is 8.95. The summed E-state index contributed by atoms with van der Waals surface area (Å²) in [6.45, 7) is 6.09. The van der Waals surface area contributed by atoms with Crippen LogP contribution in [0.25, 0.3) is 11.0 Å². The molecular weight excluding hydrogens is 486 g/mol. The second kappa shape index (κ2) is 12.1. The molecule has 0 aromatic carbocycles. The van der Waals surface area contributed by atoms with E-state index in [9.17, 15) is 14.4 Å². The molecule has 36 heavy (non-hydrogen) atoms. The summed E-state index contributed by atoms with van der Waals surface area (Å²) in [5, 5.41) is 7.30. The molecule has 12 nitrogen and oxygen atoms in total. The number of ether oxygens (including phenoxy) is 2. The monoisotopic (exact) mass is 515 g/mol. The van der Waals surface area contributed by atoms with Crippen LogP contribution < -0.4 is 22.1 Å². The molecule has 0 spiro atoms. The van der Waals surface area contributed by atoms with Crippen molar-refractivity contribution in [2.24, 2.45) is 0 Å². The molecule has 3 aromatic rings. The van der Waals surface area contributed by atoms with Crippen molar-refractivity contribution in [1.82, 2.24) is 20.3 Å². The Bertz CT molecular complexity index is 1260. The third kappa shape index (κ3) is 6.56. The highest BCUT2D eigenvalue weighted by atomic mass is 32.1. The lowest BCUT2D eigenvalue weighted by molar-refractivity contribution is -0.146. The van der Waals surface area contributed by atoms with Crippen molar-refractivity contribution in [2.45, 2.75) is 46.2 Å². The molecule has 3 aromatic heterocycles. The van der Waals surface area contributed by atoms with Gasteiger partial charge in [0.2, 0.25) is 5.95 Å². The lowest BCUT2D eigenvalue weighted by atomic mass is 10.1. The average molecular weight is 516 g/mol. The third-order valence-corrected chi connectivity index (χ3v) is 6.28. The van der Waals surface area contributed by atoms with Gasteiger partial charge in [-0.15, -0.1) is 11.3 Å². The topological polar surface area (TPSA) is 184 Å². The number of hydrogen-bond acceptors (Lipinski definition) is 12. The van der Waals surface area contributed by atoms with E-state index in [-0.39, 0.29) is 37.8 Å². The van der Waals surface area contributed by atoms with E-state index >= 15 is 0 Å². The zero-order chi connectivity index (χ0) is 26.2. The number of aryl methyl sites for hydroxylation is 1. The first-order valence-corrected chi connectivity index (χ1v) is 12.2. The van der Waals surface area contributed by atoms with Gasteiger partial charge < -0.3 is 31.6 Å². The predicted octanol–water partition coefficient (Wildman–Crippen LogP) is 2.18. The summed E-state index contributed by atoms with van der Waals surface area (Å²) in [5.74, 6) is -1.17. The molecular formula is C23H29N7O5S. The van der Waals surface area contributed by atoms with Gasteiger partial charge in [0.15, 0.2) is 5.65 Å². The predicted molar refractivity (Wildman–Crippen MR) is 136 cm³/mol. The average Bonchev–Trinajstić information content (AvgIpc) is 3.30. The SMILES string of the molecule is CCOC(=O)CC[C@H](NC(=O)c1ccc(NCc2cnc3nc(N)nc(N)c3c2C)s1)C(=O)OCC. The summed E-state index contributed by atoms with van der Waals surface area (Å²) in [4.78, 5) is 49.6. The Balaban J connectivity index is 1.66. The van der Waals surface area contributed by atoms with E-state index in [1.807, 2.05) is 6.92 Å². The van der Waals surface area contributed by atoms with E-state index in [0.29, 0.717) is 22.5 Å². The molecule has 1 amide bonds. The number of rotatable bonds is 11. The van der Waals surface area contributed by atoms with Crippen molar-refractivity contribution in [3.8, 4) is 0 Å². The molecule has 0 saturated carbocycles. The van der Waals surface area contributed by atoms with Gasteiger partial charge in [-0.05, 0) is 50.5 Å². The van der Waals surface area contributed by atoms with Gasteiger partial charge in [0.25, 0.3) is 5.91 Å². The van der Waals surface area contributed by atoms with Crippen molar-refractivity contribution in [1.29, 1.82) is 0 Å². The molecule has 0 bridgehead atoms. The molecule has 3 heterocycles. The van der Waals surface area contributed by atoms with E-state index in [4.69, 9.17) is 20.9 Å². The van der Waals surface area contributed by atoms with Crippen LogP contribution in [-0.4, -0.2) is 52.1 Å². The fraction of sp³-hybridized carbons (Fsp3) is 0.391. The van der Waals surface area contributed by atoms with Crippen LogP contribution in [0, 0.1) is 6.92 Å². The van der Waals surface area contributed by atoms with Crippen LogP contribution >= 0.6 is 11.3 Å². The summed E-state index contributed by atoms with van der Waals surface area (Å²) < 4.78 is 9.94. The summed E-state index contributed by atoms with van der Waals surface area (Å²) in [7, 11) is 0. The number of carbonyl (C=O) groups is 3. The molecule has 13 heteroatoms. The first-order chi connectivity index (χ1) is 17.2. The number of amides is 1. The molecule has 192 valence electrons. The molecule has 0 fully saturated rings. The van der Waals surface area contributed by atoms with E-state index < -0.39 is 23.9 Å². The lowest BCUT2D eigenvalue weighted by Crippen LogP contribution is -2.42. The Morgan fingerprint density at radius 2 is 1.86 bits per heavy atom. The first kappa shape index (κ1) is 26.6. The van der Waals surface area contributed by atoms with Gasteiger partial charge in [0.05, 0.1) is 28.5 Å². The number of nitrogens with zero attached hydrogens (tertiary/aromatic N) is 3. The number of carbonyl (C=O) groups excluding carboxylic acids is 3. The van der Waals surface area contributed by atoms with E-state index in [1.165, 1.54) is 11.3 Å². The largest absolute Gasteiger partial charge is 0.466 e. The maximum absolute atomic E-state index is 12.8. The number of pyridine rings is 1. The zero-order valence-corrected chi connectivity index (χ0v) is 21.1.